The van der Waals surface area contributed by atoms with E-state index in [0.29, 0.717) is 39.6 Å². The molecule has 0 aliphatic carbocycles. The van der Waals surface area contributed by atoms with Crippen LogP contribution in [0, 0.1) is 0 Å². The van der Waals surface area contributed by atoms with Gasteiger partial charge in [0.15, 0.2) is 17.3 Å². The molecule has 150 valence electrons. The van der Waals surface area contributed by atoms with Gasteiger partial charge in [0, 0.05) is 23.1 Å². The third-order valence-corrected chi connectivity index (χ3v) is 4.69. The average molecular weight is 414 g/mol. The predicted octanol–water partition coefficient (Wildman–Crippen LogP) is 4.82. The number of hydrogen-bond donors (Lipinski definition) is 0. The van der Waals surface area contributed by atoms with E-state index in [9.17, 15) is 4.79 Å². The van der Waals surface area contributed by atoms with Crippen LogP contribution in [0.1, 0.15) is 15.9 Å². The molecular formula is C22H20ClNO5. The van der Waals surface area contributed by atoms with E-state index in [1.165, 1.54) is 13.2 Å². The third kappa shape index (κ3) is 4.27. The van der Waals surface area contributed by atoms with Gasteiger partial charge in [-0.3, -0.25) is 4.79 Å². The number of ether oxygens (including phenoxy) is 4. The van der Waals surface area contributed by atoms with Crippen LogP contribution in [-0.2, 0) is 0 Å². The van der Waals surface area contributed by atoms with Crippen molar-refractivity contribution in [3.05, 3.63) is 58.8 Å². The highest BCUT2D eigenvalue weighted by Crippen LogP contribution is 2.33. The number of benzene rings is 2. The lowest BCUT2D eigenvalue weighted by Crippen LogP contribution is -1.99. The fraction of sp³-hybridized carbons (Fsp3) is 0.182. The molecule has 0 saturated heterocycles. The summed E-state index contributed by atoms with van der Waals surface area (Å²) < 4.78 is 21.1. The Morgan fingerprint density at radius 3 is 2.24 bits per heavy atom. The number of methoxy groups -OCH3 is 4. The van der Waals surface area contributed by atoms with Crippen LogP contribution >= 0.6 is 11.6 Å². The molecule has 0 atom stereocenters. The van der Waals surface area contributed by atoms with Crippen molar-refractivity contribution in [2.45, 2.75) is 0 Å². The standard InChI is InChI=1S/C22H20ClNO5/c1-26-15-6-7-16(19(11-15)27-2)18(25)8-5-13-9-14-10-20(28-3)21(29-4)12-17(14)24-22(13)23/h5-12H,1-4H3/b8-5+. The molecule has 7 heteroatoms. The second-order valence-corrected chi connectivity index (χ2v) is 6.39. The van der Waals surface area contributed by atoms with Crippen molar-refractivity contribution in [1.82, 2.24) is 4.98 Å². The van der Waals surface area contributed by atoms with Crippen molar-refractivity contribution < 1.29 is 23.7 Å². The topological polar surface area (TPSA) is 66.9 Å². The van der Waals surface area contributed by atoms with Gasteiger partial charge in [-0.1, -0.05) is 11.6 Å². The van der Waals surface area contributed by atoms with Gasteiger partial charge < -0.3 is 18.9 Å². The highest BCUT2D eigenvalue weighted by Gasteiger charge is 2.12. The molecule has 0 aliphatic heterocycles. The Labute approximate surface area is 173 Å². The van der Waals surface area contributed by atoms with Gasteiger partial charge in [-0.05, 0) is 36.4 Å². The van der Waals surface area contributed by atoms with Gasteiger partial charge in [0.05, 0.1) is 39.5 Å². The van der Waals surface area contributed by atoms with Gasteiger partial charge in [0.25, 0.3) is 0 Å². The lowest BCUT2D eigenvalue weighted by atomic mass is 10.1. The molecule has 3 aromatic rings. The highest BCUT2D eigenvalue weighted by molar-refractivity contribution is 6.31. The molecule has 1 heterocycles. The number of ketones is 1. The van der Waals surface area contributed by atoms with Crippen LogP contribution in [0.25, 0.3) is 17.0 Å². The summed E-state index contributed by atoms with van der Waals surface area (Å²) >= 11 is 6.31. The Morgan fingerprint density at radius 1 is 0.897 bits per heavy atom. The molecule has 0 fully saturated rings. The van der Waals surface area contributed by atoms with E-state index in [1.807, 2.05) is 12.1 Å². The first-order valence-electron chi connectivity index (χ1n) is 8.67. The van der Waals surface area contributed by atoms with Crippen molar-refractivity contribution in [2.75, 3.05) is 28.4 Å². The molecule has 1 aromatic heterocycles. The SMILES string of the molecule is COc1ccc(C(=O)/C=C/c2cc3cc(OC)c(OC)cc3nc2Cl)c(OC)c1. The summed E-state index contributed by atoms with van der Waals surface area (Å²) in [4.78, 5) is 17.0. The third-order valence-electron chi connectivity index (χ3n) is 4.39. The maximum absolute atomic E-state index is 12.6. The quantitative estimate of drug-likeness (QED) is 0.314. The van der Waals surface area contributed by atoms with E-state index in [1.54, 1.807) is 51.7 Å². The minimum absolute atomic E-state index is 0.229. The van der Waals surface area contributed by atoms with E-state index in [-0.39, 0.29) is 10.9 Å². The van der Waals surface area contributed by atoms with Crippen molar-refractivity contribution in [3.63, 3.8) is 0 Å². The zero-order valence-electron chi connectivity index (χ0n) is 16.5. The molecule has 0 N–H and O–H groups in total. The number of pyridine rings is 1. The number of allylic oxidation sites excluding steroid dienone is 1. The van der Waals surface area contributed by atoms with E-state index in [2.05, 4.69) is 4.98 Å². The molecule has 2 aromatic carbocycles. The van der Waals surface area contributed by atoms with Crippen molar-refractivity contribution in [3.8, 4) is 23.0 Å². The summed E-state index contributed by atoms with van der Waals surface area (Å²) in [5, 5.41) is 1.08. The molecule has 6 nitrogen and oxygen atoms in total. The minimum Gasteiger partial charge on any atom is -0.497 e. The van der Waals surface area contributed by atoms with E-state index < -0.39 is 0 Å². The molecule has 0 aliphatic rings. The molecule has 3 rings (SSSR count). The lowest BCUT2D eigenvalue weighted by Gasteiger charge is -2.10. The second-order valence-electron chi connectivity index (χ2n) is 6.03. The highest BCUT2D eigenvalue weighted by atomic mass is 35.5. The van der Waals surface area contributed by atoms with Gasteiger partial charge in [-0.25, -0.2) is 4.98 Å². The number of carbonyl (C=O) groups is 1. The Balaban J connectivity index is 1.96. The number of hydrogen-bond acceptors (Lipinski definition) is 6. The van der Waals surface area contributed by atoms with Crippen LogP contribution < -0.4 is 18.9 Å². The summed E-state index contributed by atoms with van der Waals surface area (Å²) in [6.07, 6.45) is 3.05. The van der Waals surface area contributed by atoms with Crippen LogP contribution in [-0.4, -0.2) is 39.2 Å². The van der Waals surface area contributed by atoms with Crippen molar-refractivity contribution >= 4 is 34.4 Å². The van der Waals surface area contributed by atoms with Crippen LogP contribution in [0.15, 0.2) is 42.5 Å². The maximum atomic E-state index is 12.6. The first kappa shape index (κ1) is 20.5. The zero-order valence-corrected chi connectivity index (χ0v) is 17.2. The first-order valence-corrected chi connectivity index (χ1v) is 9.05. The number of fused-ring (bicyclic) bond motifs is 1. The average Bonchev–Trinajstić information content (AvgIpc) is 2.75. The van der Waals surface area contributed by atoms with Gasteiger partial charge in [-0.15, -0.1) is 0 Å². The number of rotatable bonds is 7. The zero-order chi connectivity index (χ0) is 21.0. The molecule has 29 heavy (non-hydrogen) atoms. The Kier molecular flexibility index (Phi) is 6.24. The molecule has 0 unspecified atom stereocenters. The molecule has 0 amide bonds. The monoisotopic (exact) mass is 413 g/mol. The van der Waals surface area contributed by atoms with Crippen LogP contribution in [0.2, 0.25) is 5.15 Å². The molecule has 0 radical (unpaired) electrons. The number of aromatic nitrogens is 1. The fourth-order valence-electron chi connectivity index (χ4n) is 2.87. The number of carbonyl (C=O) groups excluding carboxylic acids is 1. The van der Waals surface area contributed by atoms with Crippen LogP contribution in [0.4, 0.5) is 0 Å². The van der Waals surface area contributed by atoms with Gasteiger partial charge >= 0.3 is 0 Å². The lowest BCUT2D eigenvalue weighted by molar-refractivity contribution is 0.104. The van der Waals surface area contributed by atoms with E-state index in [4.69, 9.17) is 30.5 Å². The molecule has 0 bridgehead atoms. The van der Waals surface area contributed by atoms with Crippen LogP contribution in [0.3, 0.4) is 0 Å². The minimum atomic E-state index is -0.229. The summed E-state index contributed by atoms with van der Waals surface area (Å²) in [5.74, 6) is 1.95. The molecule has 0 spiro atoms. The van der Waals surface area contributed by atoms with Crippen molar-refractivity contribution in [1.29, 1.82) is 0 Å². The summed E-state index contributed by atoms with van der Waals surface area (Å²) in [5.41, 5.74) is 1.68. The van der Waals surface area contributed by atoms with Gasteiger partial charge in [-0.2, -0.15) is 0 Å². The second kappa shape index (κ2) is 8.84. The summed E-state index contributed by atoms with van der Waals surface area (Å²) in [7, 11) is 6.17. The Bertz CT molecular complexity index is 1090. The Hall–Kier alpha value is -3.25. The predicted molar refractivity (Wildman–Crippen MR) is 113 cm³/mol. The van der Waals surface area contributed by atoms with Crippen molar-refractivity contribution in [2.24, 2.45) is 0 Å². The summed E-state index contributed by atoms with van der Waals surface area (Å²) in [6, 6.07) is 10.4. The number of nitrogens with zero attached hydrogens (tertiary/aromatic N) is 1. The largest absolute Gasteiger partial charge is 0.497 e. The normalized spacial score (nSPS) is 10.9. The number of halogens is 1. The van der Waals surface area contributed by atoms with Crippen LogP contribution in [0.5, 0.6) is 23.0 Å². The fourth-order valence-corrected chi connectivity index (χ4v) is 3.08. The summed E-state index contributed by atoms with van der Waals surface area (Å²) in [6.45, 7) is 0. The van der Waals surface area contributed by atoms with Gasteiger partial charge in [0.1, 0.15) is 16.7 Å². The molecule has 0 saturated carbocycles. The Morgan fingerprint density at radius 2 is 1.59 bits per heavy atom. The van der Waals surface area contributed by atoms with E-state index in [0.717, 1.165) is 5.39 Å². The maximum Gasteiger partial charge on any atom is 0.189 e. The first-order chi connectivity index (χ1) is 14.0. The molecular weight excluding hydrogens is 394 g/mol. The van der Waals surface area contributed by atoms with E-state index >= 15 is 0 Å². The van der Waals surface area contributed by atoms with Gasteiger partial charge in [0.2, 0.25) is 0 Å². The smallest absolute Gasteiger partial charge is 0.189 e.